The fourth-order valence-electron chi connectivity index (χ4n) is 1.68. The van der Waals surface area contributed by atoms with Crippen LogP contribution in [0.4, 0.5) is 0 Å². The molecule has 1 aromatic heterocycles. The molecule has 110 valence electrons. The molecule has 19 heavy (non-hydrogen) atoms. The van der Waals surface area contributed by atoms with E-state index in [2.05, 4.69) is 41.1 Å². The van der Waals surface area contributed by atoms with Crippen molar-refractivity contribution in [1.82, 2.24) is 15.2 Å². The molecule has 0 atom stereocenters. The molecule has 0 radical (unpaired) electrons. The van der Waals surface area contributed by atoms with Gasteiger partial charge >= 0.3 is 0 Å². The first-order valence-corrected chi connectivity index (χ1v) is 7.32. The maximum absolute atomic E-state index is 4.36. The SMILES string of the molecule is CCCCN(C)C(=NC)NCCc1ncc(C)s1.I. The largest absolute Gasteiger partial charge is 0.356 e. The number of aliphatic imine (C=N–C) groups is 1. The Morgan fingerprint density at radius 2 is 2.26 bits per heavy atom. The number of nitrogens with zero attached hydrogens (tertiary/aromatic N) is 3. The molecule has 0 fully saturated rings. The average Bonchev–Trinajstić information content (AvgIpc) is 2.77. The molecule has 1 N–H and O–H groups in total. The molecule has 0 saturated carbocycles. The highest BCUT2D eigenvalue weighted by molar-refractivity contribution is 14.0. The predicted octanol–water partition coefficient (Wildman–Crippen LogP) is 2.92. The molecule has 0 spiro atoms. The van der Waals surface area contributed by atoms with Crippen molar-refractivity contribution in [3.8, 4) is 0 Å². The Morgan fingerprint density at radius 1 is 1.53 bits per heavy atom. The van der Waals surface area contributed by atoms with Gasteiger partial charge in [0.1, 0.15) is 0 Å². The molecule has 0 aliphatic rings. The number of thiazole rings is 1. The summed E-state index contributed by atoms with van der Waals surface area (Å²) in [4.78, 5) is 12.1. The topological polar surface area (TPSA) is 40.5 Å². The molecular weight excluding hydrogens is 371 g/mol. The molecule has 1 heterocycles. The Morgan fingerprint density at radius 3 is 2.79 bits per heavy atom. The van der Waals surface area contributed by atoms with Crippen LogP contribution in [0.25, 0.3) is 0 Å². The van der Waals surface area contributed by atoms with E-state index in [1.165, 1.54) is 22.7 Å². The van der Waals surface area contributed by atoms with Crippen LogP contribution in [-0.2, 0) is 6.42 Å². The molecule has 1 rings (SSSR count). The van der Waals surface area contributed by atoms with Gasteiger partial charge in [0.05, 0.1) is 5.01 Å². The minimum Gasteiger partial charge on any atom is -0.356 e. The number of unbranched alkanes of at least 4 members (excludes halogenated alkanes) is 1. The fourth-order valence-corrected chi connectivity index (χ4v) is 2.47. The lowest BCUT2D eigenvalue weighted by Gasteiger charge is -2.21. The molecule has 1 aromatic rings. The summed E-state index contributed by atoms with van der Waals surface area (Å²) in [5.74, 6) is 0.969. The van der Waals surface area contributed by atoms with Crippen LogP contribution in [0, 0.1) is 6.92 Å². The maximum Gasteiger partial charge on any atom is 0.193 e. The summed E-state index contributed by atoms with van der Waals surface area (Å²) in [5, 5.41) is 4.57. The van der Waals surface area contributed by atoms with Crippen LogP contribution in [0.3, 0.4) is 0 Å². The zero-order chi connectivity index (χ0) is 13.4. The number of nitrogens with one attached hydrogen (secondary N) is 1. The van der Waals surface area contributed by atoms with Crippen LogP contribution < -0.4 is 5.32 Å². The number of hydrogen-bond donors (Lipinski definition) is 1. The van der Waals surface area contributed by atoms with Gasteiger partial charge in [0.2, 0.25) is 0 Å². The van der Waals surface area contributed by atoms with Gasteiger partial charge in [0.15, 0.2) is 5.96 Å². The van der Waals surface area contributed by atoms with Crippen LogP contribution in [0.2, 0.25) is 0 Å². The highest BCUT2D eigenvalue weighted by atomic mass is 127. The van der Waals surface area contributed by atoms with Crippen molar-refractivity contribution in [3.63, 3.8) is 0 Å². The third-order valence-electron chi connectivity index (χ3n) is 2.71. The molecular formula is C13H25IN4S. The highest BCUT2D eigenvalue weighted by Gasteiger charge is 2.05. The van der Waals surface area contributed by atoms with Gasteiger partial charge in [-0.05, 0) is 13.3 Å². The maximum atomic E-state index is 4.36. The van der Waals surface area contributed by atoms with Crippen LogP contribution in [0.1, 0.15) is 29.7 Å². The molecule has 0 unspecified atom stereocenters. The van der Waals surface area contributed by atoms with Gasteiger partial charge in [-0.15, -0.1) is 35.3 Å². The number of aromatic nitrogens is 1. The second-order valence-electron chi connectivity index (χ2n) is 4.36. The summed E-state index contributed by atoms with van der Waals surface area (Å²) < 4.78 is 0. The van der Waals surface area contributed by atoms with Crippen molar-refractivity contribution < 1.29 is 0 Å². The van der Waals surface area contributed by atoms with Gasteiger partial charge < -0.3 is 10.2 Å². The van der Waals surface area contributed by atoms with E-state index in [9.17, 15) is 0 Å². The lowest BCUT2D eigenvalue weighted by molar-refractivity contribution is 0.465. The third-order valence-corrected chi connectivity index (χ3v) is 3.68. The fraction of sp³-hybridized carbons (Fsp3) is 0.692. The van der Waals surface area contributed by atoms with Crippen LogP contribution in [-0.4, -0.2) is 43.0 Å². The van der Waals surface area contributed by atoms with Gasteiger partial charge in [0, 0.05) is 44.7 Å². The van der Waals surface area contributed by atoms with E-state index in [1.54, 1.807) is 11.3 Å². The summed E-state index contributed by atoms with van der Waals surface area (Å²) >= 11 is 1.76. The van der Waals surface area contributed by atoms with E-state index in [0.717, 1.165) is 25.5 Å². The molecule has 0 bridgehead atoms. The standard InChI is InChI=1S/C13H24N4S.HI/c1-5-6-9-17(4)13(14-3)15-8-7-12-16-10-11(2)18-12;/h10H,5-9H2,1-4H3,(H,14,15);1H. The van der Waals surface area contributed by atoms with Crippen LogP contribution in [0.5, 0.6) is 0 Å². The molecule has 0 aliphatic heterocycles. The van der Waals surface area contributed by atoms with Gasteiger partial charge in [-0.1, -0.05) is 13.3 Å². The molecule has 0 aromatic carbocycles. The van der Waals surface area contributed by atoms with Crippen molar-refractivity contribution in [2.24, 2.45) is 4.99 Å². The number of aryl methyl sites for hydroxylation is 1. The molecule has 0 aliphatic carbocycles. The monoisotopic (exact) mass is 396 g/mol. The predicted molar refractivity (Wildman–Crippen MR) is 94.9 cm³/mol. The molecule has 6 heteroatoms. The second-order valence-corrected chi connectivity index (χ2v) is 5.68. The minimum atomic E-state index is 0. The van der Waals surface area contributed by atoms with Crippen LogP contribution in [0.15, 0.2) is 11.2 Å². The zero-order valence-corrected chi connectivity index (χ0v) is 15.4. The molecule has 0 amide bonds. The quantitative estimate of drug-likeness (QED) is 0.457. The summed E-state index contributed by atoms with van der Waals surface area (Å²) in [6.45, 7) is 6.23. The first kappa shape index (κ1) is 18.6. The van der Waals surface area contributed by atoms with E-state index in [1.807, 2.05) is 13.2 Å². The zero-order valence-electron chi connectivity index (χ0n) is 12.3. The molecule has 4 nitrogen and oxygen atoms in total. The van der Waals surface area contributed by atoms with Crippen molar-refractivity contribution in [1.29, 1.82) is 0 Å². The summed E-state index contributed by atoms with van der Waals surface area (Å²) in [5.41, 5.74) is 0. The Kier molecular flexibility index (Phi) is 10.2. The summed E-state index contributed by atoms with van der Waals surface area (Å²) in [6.07, 6.45) is 5.30. The van der Waals surface area contributed by atoms with Gasteiger partial charge in [0.25, 0.3) is 0 Å². The normalized spacial score (nSPS) is 11.1. The number of rotatable bonds is 6. The first-order valence-electron chi connectivity index (χ1n) is 6.50. The van der Waals surface area contributed by atoms with E-state index in [4.69, 9.17) is 0 Å². The summed E-state index contributed by atoms with van der Waals surface area (Å²) in [6, 6.07) is 0. The van der Waals surface area contributed by atoms with Crippen molar-refractivity contribution >= 4 is 41.3 Å². The van der Waals surface area contributed by atoms with E-state index in [-0.39, 0.29) is 24.0 Å². The van der Waals surface area contributed by atoms with E-state index < -0.39 is 0 Å². The van der Waals surface area contributed by atoms with Gasteiger partial charge in [-0.3, -0.25) is 4.99 Å². The van der Waals surface area contributed by atoms with Crippen molar-refractivity contribution in [2.45, 2.75) is 33.1 Å². The first-order chi connectivity index (χ1) is 8.67. The van der Waals surface area contributed by atoms with Gasteiger partial charge in [-0.25, -0.2) is 4.98 Å². The van der Waals surface area contributed by atoms with Crippen molar-refractivity contribution in [2.75, 3.05) is 27.2 Å². The average molecular weight is 396 g/mol. The lowest BCUT2D eigenvalue weighted by atomic mass is 10.3. The number of hydrogen-bond acceptors (Lipinski definition) is 3. The Balaban J connectivity index is 0.00000324. The van der Waals surface area contributed by atoms with E-state index >= 15 is 0 Å². The Hall–Kier alpha value is -0.370. The van der Waals surface area contributed by atoms with Gasteiger partial charge in [-0.2, -0.15) is 0 Å². The smallest absolute Gasteiger partial charge is 0.193 e. The number of guanidine groups is 1. The Bertz CT molecular complexity index is 378. The molecule has 0 saturated heterocycles. The Labute approximate surface area is 137 Å². The lowest BCUT2D eigenvalue weighted by Crippen LogP contribution is -2.40. The second kappa shape index (κ2) is 10.4. The van der Waals surface area contributed by atoms with Crippen LogP contribution >= 0.6 is 35.3 Å². The van der Waals surface area contributed by atoms with E-state index in [0.29, 0.717) is 0 Å². The minimum absolute atomic E-state index is 0. The highest BCUT2D eigenvalue weighted by Crippen LogP contribution is 2.10. The third kappa shape index (κ3) is 7.10. The number of halogens is 1. The summed E-state index contributed by atoms with van der Waals surface area (Å²) in [7, 11) is 3.91. The van der Waals surface area contributed by atoms with Crippen molar-refractivity contribution in [3.05, 3.63) is 16.1 Å².